The molecule has 0 bridgehead atoms. The van der Waals surface area contributed by atoms with Crippen LogP contribution in [0.5, 0.6) is 0 Å². The number of aliphatic hydroxyl groups excluding tert-OH is 2. The topological polar surface area (TPSA) is 124 Å². The van der Waals surface area contributed by atoms with E-state index in [1.54, 1.807) is 0 Å². The third-order valence-corrected chi connectivity index (χ3v) is 11.6. The Labute approximate surface area is 205 Å². The van der Waals surface area contributed by atoms with Crippen molar-refractivity contribution >= 4 is 16.0 Å². The van der Waals surface area contributed by atoms with Gasteiger partial charge >= 0.3 is 0 Å². The lowest BCUT2D eigenvalue weighted by atomic mass is 9.43. The first-order valence-corrected chi connectivity index (χ1v) is 15.0. The normalized spacial score (nSPS) is 45.1. The summed E-state index contributed by atoms with van der Waals surface area (Å²) in [6.45, 7) is 7.05. The minimum absolute atomic E-state index is 0.0625. The van der Waals surface area contributed by atoms with Crippen molar-refractivity contribution in [2.75, 3.05) is 12.3 Å². The van der Waals surface area contributed by atoms with E-state index in [1.807, 2.05) is 0 Å². The van der Waals surface area contributed by atoms with Gasteiger partial charge in [0.15, 0.2) is 0 Å². The van der Waals surface area contributed by atoms with Gasteiger partial charge in [-0.15, -0.1) is 0 Å². The summed E-state index contributed by atoms with van der Waals surface area (Å²) in [5.41, 5.74) is 0.411. The standard InChI is InChI=1S/C26H45NO6S/c1-16(4-7-23(30)27-12-13-34(31,32)33)19-5-6-20-24-21(9-11-26(19,20)3)25(2)10-8-18(28)14-17(25)15-22(24)29/h16-22,24,28-29H,4-15H2,1-3H3,(H,27,30)(H,31,32,33)/t16-,17?,18-,19-,20?,21+,22+,24+,25+,26-/m1/s1. The number of nitrogens with one attached hydrogen (secondary N) is 1. The molecule has 7 nitrogen and oxygen atoms in total. The first-order chi connectivity index (χ1) is 15.8. The molecule has 0 radical (unpaired) electrons. The Morgan fingerprint density at radius 2 is 1.71 bits per heavy atom. The third kappa shape index (κ3) is 4.94. The van der Waals surface area contributed by atoms with Crippen molar-refractivity contribution in [2.24, 2.45) is 46.3 Å². The Bertz CT molecular complexity index is 863. The predicted molar refractivity (Wildman–Crippen MR) is 130 cm³/mol. The van der Waals surface area contributed by atoms with Crippen molar-refractivity contribution in [1.29, 1.82) is 0 Å². The van der Waals surface area contributed by atoms with Gasteiger partial charge in [-0.1, -0.05) is 20.8 Å². The molecule has 8 heteroatoms. The van der Waals surface area contributed by atoms with Gasteiger partial charge in [0.25, 0.3) is 10.1 Å². The second-order valence-corrected chi connectivity index (χ2v) is 14.2. The molecule has 4 saturated carbocycles. The molecule has 4 fully saturated rings. The number of hydrogen-bond acceptors (Lipinski definition) is 5. The molecule has 0 aromatic heterocycles. The van der Waals surface area contributed by atoms with Crippen LogP contribution in [0.2, 0.25) is 0 Å². The number of carbonyl (C=O) groups is 1. The summed E-state index contributed by atoms with van der Waals surface area (Å²) in [7, 11) is -4.06. The van der Waals surface area contributed by atoms with Gasteiger partial charge in [0.05, 0.1) is 18.0 Å². The van der Waals surface area contributed by atoms with Crippen LogP contribution in [-0.2, 0) is 14.9 Å². The number of hydrogen-bond donors (Lipinski definition) is 4. The van der Waals surface area contributed by atoms with Crippen molar-refractivity contribution in [2.45, 2.75) is 97.2 Å². The van der Waals surface area contributed by atoms with E-state index in [0.29, 0.717) is 41.9 Å². The van der Waals surface area contributed by atoms with Crippen LogP contribution in [0, 0.1) is 46.3 Å². The Kier molecular flexibility index (Phi) is 7.47. The van der Waals surface area contributed by atoms with Crippen molar-refractivity contribution in [3.8, 4) is 0 Å². The third-order valence-electron chi connectivity index (χ3n) is 10.9. The highest BCUT2D eigenvalue weighted by atomic mass is 32.2. The van der Waals surface area contributed by atoms with Crippen LogP contribution < -0.4 is 5.32 Å². The average molecular weight is 500 g/mol. The Morgan fingerprint density at radius 3 is 2.41 bits per heavy atom. The van der Waals surface area contributed by atoms with Crippen LogP contribution in [-0.4, -0.2) is 53.6 Å². The van der Waals surface area contributed by atoms with Crippen LogP contribution in [0.15, 0.2) is 0 Å². The first-order valence-electron chi connectivity index (χ1n) is 13.4. The molecule has 0 aliphatic heterocycles. The summed E-state index contributed by atoms with van der Waals surface area (Å²) < 4.78 is 30.5. The lowest BCUT2D eigenvalue weighted by Gasteiger charge is -2.62. The molecule has 0 saturated heterocycles. The SMILES string of the molecule is C[C@H](CCC(=O)NCCS(=O)(=O)O)[C@H]1CCC2[C@@H]3[C@@H](O)CC4C[C@H](O)CC[C@]4(C)[C@H]3CC[C@@]21C. The largest absolute Gasteiger partial charge is 0.393 e. The molecule has 1 amide bonds. The second-order valence-electron chi connectivity index (χ2n) is 12.6. The molecule has 4 aliphatic rings. The highest BCUT2D eigenvalue weighted by Gasteiger charge is 2.62. The molecular weight excluding hydrogens is 454 g/mol. The summed E-state index contributed by atoms with van der Waals surface area (Å²) in [4.78, 5) is 12.2. The molecule has 4 N–H and O–H groups in total. The van der Waals surface area contributed by atoms with Crippen LogP contribution in [0.25, 0.3) is 0 Å². The van der Waals surface area contributed by atoms with E-state index in [-0.39, 0.29) is 35.5 Å². The second kappa shape index (κ2) is 9.64. The molecule has 0 aromatic rings. The zero-order chi connectivity index (χ0) is 24.9. The maximum absolute atomic E-state index is 12.2. The molecule has 34 heavy (non-hydrogen) atoms. The monoisotopic (exact) mass is 499 g/mol. The molecule has 4 rings (SSSR count). The van der Waals surface area contributed by atoms with Gasteiger partial charge in [-0.2, -0.15) is 8.42 Å². The number of rotatable bonds is 7. The Hall–Kier alpha value is -0.700. The van der Waals surface area contributed by atoms with Crippen molar-refractivity contribution in [3.05, 3.63) is 0 Å². The fourth-order valence-corrected chi connectivity index (χ4v) is 9.50. The Balaban J connectivity index is 1.39. The van der Waals surface area contributed by atoms with E-state index in [4.69, 9.17) is 4.55 Å². The molecule has 0 aromatic carbocycles. The van der Waals surface area contributed by atoms with Gasteiger partial charge < -0.3 is 15.5 Å². The van der Waals surface area contributed by atoms with Crippen LogP contribution >= 0.6 is 0 Å². The van der Waals surface area contributed by atoms with Gasteiger partial charge in [0.2, 0.25) is 5.91 Å². The smallest absolute Gasteiger partial charge is 0.266 e. The van der Waals surface area contributed by atoms with Gasteiger partial charge in [0.1, 0.15) is 0 Å². The quantitative estimate of drug-likeness (QED) is 0.398. The maximum atomic E-state index is 12.2. The summed E-state index contributed by atoms with van der Waals surface area (Å²) in [6.07, 6.45) is 8.87. The molecule has 196 valence electrons. The summed E-state index contributed by atoms with van der Waals surface area (Å²) in [5, 5.41) is 24.2. The zero-order valence-electron chi connectivity index (χ0n) is 21.1. The van der Waals surface area contributed by atoms with Gasteiger partial charge in [-0.3, -0.25) is 9.35 Å². The van der Waals surface area contributed by atoms with E-state index < -0.39 is 15.9 Å². The van der Waals surface area contributed by atoms with Crippen molar-refractivity contribution in [3.63, 3.8) is 0 Å². The number of amides is 1. The van der Waals surface area contributed by atoms with E-state index in [0.717, 1.165) is 51.4 Å². The Morgan fingerprint density at radius 1 is 1.03 bits per heavy atom. The van der Waals surface area contributed by atoms with Crippen molar-refractivity contribution < 1.29 is 28.0 Å². The summed E-state index contributed by atoms with van der Waals surface area (Å²) in [5.74, 6) is 2.10. The minimum Gasteiger partial charge on any atom is -0.393 e. The average Bonchev–Trinajstić information content (AvgIpc) is 3.09. The van der Waals surface area contributed by atoms with E-state index in [1.165, 1.54) is 6.42 Å². The van der Waals surface area contributed by atoms with Crippen LogP contribution in [0.3, 0.4) is 0 Å². The molecule has 4 aliphatic carbocycles. The first kappa shape index (κ1) is 26.4. The number of carbonyl (C=O) groups excluding carboxylic acids is 1. The molecule has 2 unspecified atom stereocenters. The van der Waals surface area contributed by atoms with E-state index in [9.17, 15) is 23.4 Å². The van der Waals surface area contributed by atoms with Crippen molar-refractivity contribution in [1.82, 2.24) is 5.32 Å². The lowest BCUT2D eigenvalue weighted by Crippen LogP contribution is -2.58. The molecule has 10 atom stereocenters. The fourth-order valence-electron chi connectivity index (χ4n) is 9.14. The van der Waals surface area contributed by atoms with E-state index >= 15 is 0 Å². The highest BCUT2D eigenvalue weighted by Crippen LogP contribution is 2.68. The van der Waals surface area contributed by atoms with Gasteiger partial charge in [-0.25, -0.2) is 0 Å². The van der Waals surface area contributed by atoms with Crippen LogP contribution in [0.4, 0.5) is 0 Å². The number of aliphatic hydroxyl groups is 2. The molecule has 0 spiro atoms. The van der Waals surface area contributed by atoms with Gasteiger partial charge in [0, 0.05) is 13.0 Å². The highest BCUT2D eigenvalue weighted by molar-refractivity contribution is 7.85. The predicted octanol–water partition coefficient (Wildman–Crippen LogP) is 3.40. The van der Waals surface area contributed by atoms with E-state index in [2.05, 4.69) is 26.1 Å². The van der Waals surface area contributed by atoms with Gasteiger partial charge in [-0.05, 0) is 104 Å². The molecule has 0 heterocycles. The summed E-state index contributed by atoms with van der Waals surface area (Å²) in [6, 6.07) is 0. The minimum atomic E-state index is -4.06. The summed E-state index contributed by atoms with van der Waals surface area (Å²) >= 11 is 0. The lowest BCUT2D eigenvalue weighted by molar-refractivity contribution is -0.174. The fraction of sp³-hybridized carbons (Fsp3) is 0.962. The molecular formula is C26H45NO6S. The van der Waals surface area contributed by atoms with Crippen LogP contribution in [0.1, 0.15) is 85.0 Å². The maximum Gasteiger partial charge on any atom is 0.266 e. The number of fused-ring (bicyclic) bond motifs is 5. The zero-order valence-corrected chi connectivity index (χ0v) is 21.9.